The van der Waals surface area contributed by atoms with Crippen LogP contribution in [0.1, 0.15) is 40.2 Å². The first-order valence-corrected chi connectivity index (χ1v) is 12.5. The standard InChI is InChI=1S/C23H24N4O3S2/c1-14-4-11-20(32(29,30)27-18-5-6-18)13-21(14)22(28)26-17-7-9-19(10-8-17)31-23-24-15(2)12-16(3)25-23/h4,7-13,18,27H,5-6H2,1-3H3,(H,26,28). The molecule has 4 rings (SSSR count). The molecule has 0 atom stereocenters. The zero-order chi connectivity index (χ0) is 22.9. The average Bonchev–Trinajstić information content (AvgIpc) is 3.52. The number of amides is 1. The Kier molecular flexibility index (Phi) is 6.32. The topological polar surface area (TPSA) is 101 Å². The first-order valence-electron chi connectivity index (χ1n) is 10.2. The predicted octanol–water partition coefficient (Wildman–Crippen LogP) is 4.25. The van der Waals surface area contributed by atoms with Crippen molar-refractivity contribution in [2.75, 3.05) is 5.32 Å². The number of carbonyl (C=O) groups excluding carboxylic acids is 1. The van der Waals surface area contributed by atoms with E-state index in [2.05, 4.69) is 20.0 Å². The van der Waals surface area contributed by atoms with Gasteiger partial charge in [-0.1, -0.05) is 6.07 Å². The van der Waals surface area contributed by atoms with E-state index in [0.29, 0.717) is 22.0 Å². The van der Waals surface area contributed by atoms with Gasteiger partial charge in [0.2, 0.25) is 10.0 Å². The van der Waals surface area contributed by atoms with E-state index in [-0.39, 0.29) is 16.8 Å². The van der Waals surface area contributed by atoms with E-state index in [1.807, 2.05) is 32.0 Å². The number of carbonyl (C=O) groups is 1. The fraction of sp³-hybridized carbons (Fsp3) is 0.261. The zero-order valence-electron chi connectivity index (χ0n) is 18.0. The monoisotopic (exact) mass is 468 g/mol. The molecule has 1 amide bonds. The van der Waals surface area contributed by atoms with Crippen molar-refractivity contribution in [2.24, 2.45) is 0 Å². The highest BCUT2D eigenvalue weighted by molar-refractivity contribution is 7.99. The van der Waals surface area contributed by atoms with Crippen LogP contribution in [0.4, 0.5) is 5.69 Å². The maximum absolute atomic E-state index is 12.8. The lowest BCUT2D eigenvalue weighted by molar-refractivity contribution is 0.102. The van der Waals surface area contributed by atoms with Crippen molar-refractivity contribution in [2.45, 2.75) is 54.6 Å². The molecular formula is C23H24N4O3S2. The Morgan fingerprint density at radius 1 is 0.969 bits per heavy atom. The highest BCUT2D eigenvalue weighted by atomic mass is 32.2. The minimum Gasteiger partial charge on any atom is -0.322 e. The molecule has 0 bridgehead atoms. The van der Waals surface area contributed by atoms with Crippen molar-refractivity contribution in [1.82, 2.24) is 14.7 Å². The number of aromatic nitrogens is 2. The van der Waals surface area contributed by atoms with Crippen LogP contribution in [0.2, 0.25) is 0 Å². The first-order chi connectivity index (χ1) is 15.2. The van der Waals surface area contributed by atoms with Gasteiger partial charge in [-0.3, -0.25) is 4.79 Å². The third kappa shape index (κ3) is 5.53. The van der Waals surface area contributed by atoms with Crippen LogP contribution in [-0.4, -0.2) is 30.3 Å². The van der Waals surface area contributed by atoms with Gasteiger partial charge in [0.1, 0.15) is 0 Å². The molecule has 1 aliphatic rings. The summed E-state index contributed by atoms with van der Waals surface area (Å²) in [6.07, 6.45) is 1.70. The van der Waals surface area contributed by atoms with Gasteiger partial charge in [0.05, 0.1) is 4.90 Å². The molecule has 1 fully saturated rings. The van der Waals surface area contributed by atoms with Crippen LogP contribution in [0.3, 0.4) is 0 Å². The Morgan fingerprint density at radius 2 is 1.62 bits per heavy atom. The number of rotatable bonds is 7. The summed E-state index contributed by atoms with van der Waals surface area (Å²) in [5.41, 5.74) is 3.47. The Balaban J connectivity index is 1.47. The number of nitrogens with one attached hydrogen (secondary N) is 2. The predicted molar refractivity (Wildman–Crippen MR) is 125 cm³/mol. The number of hydrogen-bond acceptors (Lipinski definition) is 6. The van der Waals surface area contributed by atoms with E-state index in [1.54, 1.807) is 25.1 Å². The van der Waals surface area contributed by atoms with Crippen LogP contribution in [-0.2, 0) is 10.0 Å². The van der Waals surface area contributed by atoms with Crippen molar-refractivity contribution in [1.29, 1.82) is 0 Å². The van der Waals surface area contributed by atoms with Crippen LogP contribution in [0.5, 0.6) is 0 Å². The molecule has 1 aromatic heterocycles. The number of benzene rings is 2. The maximum atomic E-state index is 12.8. The SMILES string of the molecule is Cc1cc(C)nc(Sc2ccc(NC(=O)c3cc(S(=O)(=O)NC4CC4)ccc3C)cc2)n1. The molecule has 7 nitrogen and oxygen atoms in total. The van der Waals surface area contributed by atoms with Crippen LogP contribution in [0.15, 0.2) is 63.5 Å². The van der Waals surface area contributed by atoms with E-state index >= 15 is 0 Å². The summed E-state index contributed by atoms with van der Waals surface area (Å²) in [7, 11) is -3.63. The molecule has 32 heavy (non-hydrogen) atoms. The van der Waals surface area contributed by atoms with E-state index in [1.165, 1.54) is 23.9 Å². The second-order valence-corrected chi connectivity index (χ2v) is 10.6. The minimum atomic E-state index is -3.63. The van der Waals surface area contributed by atoms with Crippen LogP contribution in [0.25, 0.3) is 0 Å². The van der Waals surface area contributed by atoms with Gasteiger partial charge in [-0.15, -0.1) is 0 Å². The smallest absolute Gasteiger partial charge is 0.255 e. The Morgan fingerprint density at radius 3 is 2.25 bits per heavy atom. The Bertz CT molecular complexity index is 1250. The summed E-state index contributed by atoms with van der Waals surface area (Å²) in [6, 6.07) is 13.9. The van der Waals surface area contributed by atoms with Gasteiger partial charge >= 0.3 is 0 Å². The zero-order valence-corrected chi connectivity index (χ0v) is 19.7. The molecule has 0 saturated heterocycles. The van der Waals surface area contributed by atoms with Crippen LogP contribution >= 0.6 is 11.8 Å². The normalized spacial score (nSPS) is 13.7. The van der Waals surface area contributed by atoms with E-state index in [0.717, 1.165) is 29.1 Å². The molecule has 0 radical (unpaired) electrons. The highest BCUT2D eigenvalue weighted by Crippen LogP contribution is 2.27. The molecule has 166 valence electrons. The number of nitrogens with zero attached hydrogens (tertiary/aromatic N) is 2. The number of aryl methyl sites for hydroxylation is 3. The van der Waals surface area contributed by atoms with Crippen LogP contribution in [0, 0.1) is 20.8 Å². The van der Waals surface area contributed by atoms with Crippen molar-refractivity contribution >= 4 is 33.4 Å². The molecule has 2 aromatic carbocycles. The fourth-order valence-electron chi connectivity index (χ4n) is 3.15. The third-order valence-electron chi connectivity index (χ3n) is 4.95. The Labute approximate surface area is 192 Å². The van der Waals surface area contributed by atoms with Gasteiger partial charge in [-0.25, -0.2) is 23.1 Å². The second kappa shape index (κ2) is 9.01. The lowest BCUT2D eigenvalue weighted by atomic mass is 10.1. The molecular weight excluding hydrogens is 444 g/mol. The largest absolute Gasteiger partial charge is 0.322 e. The molecule has 2 N–H and O–H groups in total. The van der Waals surface area contributed by atoms with Gasteiger partial charge < -0.3 is 5.32 Å². The molecule has 1 aliphatic carbocycles. The summed E-state index contributed by atoms with van der Waals surface area (Å²) in [4.78, 5) is 22.7. The van der Waals surface area contributed by atoms with Crippen molar-refractivity contribution in [3.05, 3.63) is 71.0 Å². The quantitative estimate of drug-likeness (QED) is 0.503. The molecule has 0 spiro atoms. The van der Waals surface area contributed by atoms with Gasteiger partial charge in [-0.2, -0.15) is 0 Å². The summed E-state index contributed by atoms with van der Waals surface area (Å²) in [6.45, 7) is 5.65. The summed E-state index contributed by atoms with van der Waals surface area (Å²) >= 11 is 1.45. The number of hydrogen-bond donors (Lipinski definition) is 2. The van der Waals surface area contributed by atoms with Gasteiger partial charge in [0, 0.05) is 33.6 Å². The first kappa shape index (κ1) is 22.4. The highest BCUT2D eigenvalue weighted by Gasteiger charge is 2.28. The van der Waals surface area contributed by atoms with Crippen molar-refractivity contribution in [3.8, 4) is 0 Å². The maximum Gasteiger partial charge on any atom is 0.255 e. The van der Waals surface area contributed by atoms with Gasteiger partial charge in [0.15, 0.2) is 5.16 Å². The molecule has 3 aromatic rings. The van der Waals surface area contributed by atoms with E-state index < -0.39 is 10.0 Å². The summed E-state index contributed by atoms with van der Waals surface area (Å²) in [5, 5.41) is 3.52. The van der Waals surface area contributed by atoms with E-state index in [9.17, 15) is 13.2 Å². The average molecular weight is 469 g/mol. The summed E-state index contributed by atoms with van der Waals surface area (Å²) < 4.78 is 27.6. The van der Waals surface area contributed by atoms with E-state index in [4.69, 9.17) is 0 Å². The molecule has 1 heterocycles. The van der Waals surface area contributed by atoms with Crippen molar-refractivity contribution < 1.29 is 13.2 Å². The van der Waals surface area contributed by atoms with Gasteiger partial charge in [0.25, 0.3) is 5.91 Å². The number of anilines is 1. The minimum absolute atomic E-state index is 0.00378. The van der Waals surface area contributed by atoms with Crippen LogP contribution < -0.4 is 10.0 Å². The van der Waals surface area contributed by atoms with Crippen molar-refractivity contribution in [3.63, 3.8) is 0 Å². The number of sulfonamides is 1. The molecule has 1 saturated carbocycles. The fourth-order valence-corrected chi connectivity index (χ4v) is 5.34. The Hall–Kier alpha value is -2.75. The van der Waals surface area contributed by atoms with Gasteiger partial charge in [-0.05, 0) is 93.4 Å². The molecule has 0 unspecified atom stereocenters. The lowest BCUT2D eigenvalue weighted by Crippen LogP contribution is -2.26. The summed E-state index contributed by atoms with van der Waals surface area (Å²) in [5.74, 6) is -0.357. The second-order valence-electron chi connectivity index (χ2n) is 7.89. The molecule has 0 aliphatic heterocycles. The molecule has 9 heteroatoms. The lowest BCUT2D eigenvalue weighted by Gasteiger charge is -2.11. The third-order valence-corrected chi connectivity index (χ3v) is 7.34.